The Kier molecular flexibility index (Phi) is 2.87. The van der Waals surface area contributed by atoms with E-state index in [0.717, 1.165) is 6.61 Å². The summed E-state index contributed by atoms with van der Waals surface area (Å²) in [5, 5.41) is 0. The van der Waals surface area contributed by atoms with Gasteiger partial charge in [0.05, 0.1) is 6.61 Å². The minimum absolute atomic E-state index is 0.0937. The molecule has 1 heterocycles. The number of ether oxygens (including phenoxy) is 1. The van der Waals surface area contributed by atoms with Crippen molar-refractivity contribution < 1.29 is 4.74 Å². The quantitative estimate of drug-likeness (QED) is 0.511. The third-order valence-electron chi connectivity index (χ3n) is 2.98. The van der Waals surface area contributed by atoms with Gasteiger partial charge in [0.25, 0.3) is 0 Å². The molecule has 0 amide bonds. The fraction of sp³-hybridized carbons (Fsp3) is 0.538. The van der Waals surface area contributed by atoms with Crippen LogP contribution in [0.15, 0.2) is 30.3 Å². The van der Waals surface area contributed by atoms with Gasteiger partial charge >= 0.3 is 0 Å². The standard InChI is InChI=1S/C13H18O/c1-2-3-7-10-13(11-14-13)12-8-5-4-6-9-12/h4-6,8-9H,2-3,7,10-11H2,1H3. The molecular weight excluding hydrogens is 172 g/mol. The highest BCUT2D eigenvalue weighted by atomic mass is 16.6. The maximum atomic E-state index is 5.63. The Bertz CT molecular complexity index is 275. The fourth-order valence-electron chi connectivity index (χ4n) is 1.94. The molecule has 1 saturated heterocycles. The second-order valence-corrected chi connectivity index (χ2v) is 4.11. The Labute approximate surface area is 86.1 Å². The van der Waals surface area contributed by atoms with Gasteiger partial charge in [0.15, 0.2) is 0 Å². The molecular formula is C13H18O. The number of hydrogen-bond acceptors (Lipinski definition) is 1. The molecule has 1 fully saturated rings. The second-order valence-electron chi connectivity index (χ2n) is 4.11. The lowest BCUT2D eigenvalue weighted by Gasteiger charge is -2.11. The maximum absolute atomic E-state index is 5.63. The number of rotatable bonds is 5. The monoisotopic (exact) mass is 190 g/mol. The molecule has 0 N–H and O–H groups in total. The van der Waals surface area contributed by atoms with Crippen molar-refractivity contribution in [2.75, 3.05) is 6.61 Å². The summed E-state index contributed by atoms with van der Waals surface area (Å²) in [6.45, 7) is 3.16. The summed E-state index contributed by atoms with van der Waals surface area (Å²) >= 11 is 0. The van der Waals surface area contributed by atoms with Crippen molar-refractivity contribution in [1.29, 1.82) is 0 Å². The molecule has 1 atom stereocenters. The van der Waals surface area contributed by atoms with Crippen molar-refractivity contribution in [3.05, 3.63) is 35.9 Å². The predicted octanol–water partition coefficient (Wildman–Crippen LogP) is 3.49. The van der Waals surface area contributed by atoms with Gasteiger partial charge in [-0.2, -0.15) is 0 Å². The zero-order chi connectivity index (χ0) is 9.86. The molecule has 1 aromatic rings. The third kappa shape index (κ3) is 1.98. The summed E-state index contributed by atoms with van der Waals surface area (Å²) in [6.07, 6.45) is 5.07. The highest BCUT2D eigenvalue weighted by molar-refractivity contribution is 5.26. The molecule has 0 saturated carbocycles. The molecule has 0 radical (unpaired) electrons. The zero-order valence-electron chi connectivity index (χ0n) is 8.83. The summed E-state index contributed by atoms with van der Waals surface area (Å²) in [7, 11) is 0. The van der Waals surface area contributed by atoms with Crippen LogP contribution < -0.4 is 0 Å². The van der Waals surface area contributed by atoms with E-state index >= 15 is 0 Å². The van der Waals surface area contributed by atoms with Gasteiger partial charge in [0.2, 0.25) is 0 Å². The number of epoxide rings is 1. The lowest BCUT2D eigenvalue weighted by Crippen LogP contribution is -2.08. The van der Waals surface area contributed by atoms with Gasteiger partial charge in [0, 0.05) is 0 Å². The first-order chi connectivity index (χ1) is 6.87. The van der Waals surface area contributed by atoms with E-state index in [9.17, 15) is 0 Å². The summed E-state index contributed by atoms with van der Waals surface area (Å²) in [5.74, 6) is 0. The Hall–Kier alpha value is -0.820. The molecule has 1 aliphatic heterocycles. The van der Waals surface area contributed by atoms with Crippen molar-refractivity contribution in [2.45, 2.75) is 38.2 Å². The van der Waals surface area contributed by atoms with E-state index in [0.29, 0.717) is 0 Å². The largest absolute Gasteiger partial charge is 0.365 e. The highest BCUT2D eigenvalue weighted by Gasteiger charge is 2.45. The van der Waals surface area contributed by atoms with Crippen LogP contribution in [-0.4, -0.2) is 6.61 Å². The molecule has 1 aromatic carbocycles. The first kappa shape index (κ1) is 9.72. The fourth-order valence-corrected chi connectivity index (χ4v) is 1.94. The molecule has 1 unspecified atom stereocenters. The van der Waals surface area contributed by atoms with Gasteiger partial charge in [-0.15, -0.1) is 0 Å². The highest BCUT2D eigenvalue weighted by Crippen LogP contribution is 2.43. The van der Waals surface area contributed by atoms with Crippen LogP contribution in [0, 0.1) is 0 Å². The molecule has 0 aromatic heterocycles. The zero-order valence-corrected chi connectivity index (χ0v) is 8.83. The van der Waals surface area contributed by atoms with E-state index < -0.39 is 0 Å². The van der Waals surface area contributed by atoms with E-state index in [2.05, 4.69) is 37.3 Å². The van der Waals surface area contributed by atoms with E-state index in [1.807, 2.05) is 0 Å². The minimum Gasteiger partial charge on any atom is -0.365 e. The van der Waals surface area contributed by atoms with Gasteiger partial charge in [-0.25, -0.2) is 0 Å². The van der Waals surface area contributed by atoms with Crippen LogP contribution in [0.4, 0.5) is 0 Å². The van der Waals surface area contributed by atoms with E-state index in [-0.39, 0.29) is 5.60 Å². The summed E-state index contributed by atoms with van der Waals surface area (Å²) in [5.41, 5.74) is 1.45. The lowest BCUT2D eigenvalue weighted by molar-refractivity contribution is 0.286. The Balaban J connectivity index is 1.96. The predicted molar refractivity (Wildman–Crippen MR) is 58.2 cm³/mol. The molecule has 0 aliphatic carbocycles. The van der Waals surface area contributed by atoms with Crippen molar-refractivity contribution in [3.63, 3.8) is 0 Å². The Morgan fingerprint density at radius 1 is 1.21 bits per heavy atom. The van der Waals surface area contributed by atoms with Crippen LogP contribution in [0.5, 0.6) is 0 Å². The topological polar surface area (TPSA) is 12.5 Å². The first-order valence-electron chi connectivity index (χ1n) is 5.57. The molecule has 0 spiro atoms. The third-order valence-corrected chi connectivity index (χ3v) is 2.98. The van der Waals surface area contributed by atoms with Crippen LogP contribution in [0.1, 0.15) is 38.2 Å². The smallest absolute Gasteiger partial charge is 0.117 e. The lowest BCUT2D eigenvalue weighted by atomic mass is 9.94. The molecule has 1 nitrogen and oxygen atoms in total. The Morgan fingerprint density at radius 3 is 2.50 bits per heavy atom. The van der Waals surface area contributed by atoms with Gasteiger partial charge in [-0.05, 0) is 12.0 Å². The normalized spacial score (nSPS) is 24.9. The number of hydrogen-bond donors (Lipinski definition) is 0. The van der Waals surface area contributed by atoms with Gasteiger partial charge in [-0.3, -0.25) is 0 Å². The molecule has 0 bridgehead atoms. The molecule has 1 aliphatic rings. The van der Waals surface area contributed by atoms with Crippen molar-refractivity contribution >= 4 is 0 Å². The minimum atomic E-state index is 0.0937. The van der Waals surface area contributed by atoms with Crippen molar-refractivity contribution in [1.82, 2.24) is 0 Å². The first-order valence-corrected chi connectivity index (χ1v) is 5.57. The molecule has 1 heteroatoms. The summed E-state index contributed by atoms with van der Waals surface area (Å²) in [6, 6.07) is 10.6. The Morgan fingerprint density at radius 2 is 1.93 bits per heavy atom. The molecule has 14 heavy (non-hydrogen) atoms. The summed E-state index contributed by atoms with van der Waals surface area (Å²) in [4.78, 5) is 0. The van der Waals surface area contributed by atoms with Crippen LogP contribution >= 0.6 is 0 Å². The number of benzene rings is 1. The van der Waals surface area contributed by atoms with Gasteiger partial charge < -0.3 is 4.74 Å². The average Bonchev–Trinajstić information content (AvgIpc) is 3.01. The van der Waals surface area contributed by atoms with Crippen LogP contribution in [-0.2, 0) is 10.3 Å². The van der Waals surface area contributed by atoms with Crippen LogP contribution in [0.3, 0.4) is 0 Å². The molecule has 2 rings (SSSR count). The van der Waals surface area contributed by atoms with Crippen LogP contribution in [0.25, 0.3) is 0 Å². The van der Waals surface area contributed by atoms with Crippen molar-refractivity contribution in [2.24, 2.45) is 0 Å². The van der Waals surface area contributed by atoms with Gasteiger partial charge in [-0.1, -0.05) is 56.5 Å². The molecule has 76 valence electrons. The SMILES string of the molecule is CCCCCC1(c2ccccc2)CO1. The second kappa shape index (κ2) is 4.14. The van der Waals surface area contributed by atoms with E-state index in [1.54, 1.807) is 0 Å². The van der Waals surface area contributed by atoms with E-state index in [4.69, 9.17) is 4.74 Å². The summed E-state index contributed by atoms with van der Waals surface area (Å²) < 4.78 is 5.63. The maximum Gasteiger partial charge on any atom is 0.117 e. The average molecular weight is 190 g/mol. The van der Waals surface area contributed by atoms with Crippen LogP contribution in [0.2, 0.25) is 0 Å². The van der Waals surface area contributed by atoms with E-state index in [1.165, 1.54) is 31.2 Å². The van der Waals surface area contributed by atoms with Crippen molar-refractivity contribution in [3.8, 4) is 0 Å². The van der Waals surface area contributed by atoms with Gasteiger partial charge in [0.1, 0.15) is 5.60 Å². The number of unbranched alkanes of at least 4 members (excludes halogenated alkanes) is 2.